The predicted molar refractivity (Wildman–Crippen MR) is 138 cm³/mol. The first kappa shape index (κ1) is 19.4. The zero-order valence-electron chi connectivity index (χ0n) is 18.4. The summed E-state index contributed by atoms with van der Waals surface area (Å²) in [6, 6.07) is 40.5. The molecule has 2 nitrogen and oxygen atoms in total. The van der Waals surface area contributed by atoms with Gasteiger partial charge in [0.15, 0.2) is 0 Å². The highest BCUT2D eigenvalue weighted by molar-refractivity contribution is 6.17. The van der Waals surface area contributed by atoms with E-state index in [2.05, 4.69) is 103 Å². The normalized spacial score (nSPS) is 11.2. The van der Waals surface area contributed by atoms with E-state index in [0.717, 1.165) is 39.1 Å². The summed E-state index contributed by atoms with van der Waals surface area (Å²) in [5, 5.41) is 3.47. The van der Waals surface area contributed by atoms with Gasteiger partial charge in [0.25, 0.3) is 0 Å². The first-order chi connectivity index (χ1) is 16.3. The Balaban J connectivity index is 1.64. The van der Waals surface area contributed by atoms with E-state index in [0.29, 0.717) is 0 Å². The Morgan fingerprint density at radius 1 is 0.515 bits per heavy atom. The fraction of sp³-hybridized carbons (Fsp3) is 0.0323. The number of rotatable bonds is 3. The molecule has 156 valence electrons. The van der Waals surface area contributed by atoms with Crippen LogP contribution in [0.3, 0.4) is 0 Å². The van der Waals surface area contributed by atoms with Crippen LogP contribution in [-0.2, 0) is 0 Å². The average Bonchev–Trinajstić information content (AvgIpc) is 2.89. The van der Waals surface area contributed by atoms with E-state index < -0.39 is 0 Å². The fourth-order valence-corrected chi connectivity index (χ4v) is 4.59. The minimum atomic E-state index is 0.777. The van der Waals surface area contributed by atoms with Crippen LogP contribution < -0.4 is 0 Å². The maximum absolute atomic E-state index is 4.96. The van der Waals surface area contributed by atoms with Crippen molar-refractivity contribution in [3.8, 4) is 33.5 Å². The SMILES string of the molecule is Cc1nc(-c2ccccc2)c2c(n1)c(-c1ccc(-c3ccccc3)cc1)cc1ccccc12. The van der Waals surface area contributed by atoms with E-state index in [-0.39, 0.29) is 0 Å². The van der Waals surface area contributed by atoms with Gasteiger partial charge in [-0.15, -0.1) is 0 Å². The molecule has 0 aliphatic rings. The molecule has 0 aliphatic carbocycles. The van der Waals surface area contributed by atoms with Crippen LogP contribution in [-0.4, -0.2) is 9.97 Å². The van der Waals surface area contributed by atoms with E-state index in [1.807, 2.05) is 19.1 Å². The zero-order valence-corrected chi connectivity index (χ0v) is 18.4. The number of benzene rings is 5. The number of hydrogen-bond donors (Lipinski definition) is 0. The molecule has 0 bridgehead atoms. The van der Waals surface area contributed by atoms with Crippen LogP contribution in [0.5, 0.6) is 0 Å². The molecule has 0 saturated carbocycles. The molecule has 0 unspecified atom stereocenters. The van der Waals surface area contributed by atoms with E-state index in [1.165, 1.54) is 21.9 Å². The summed E-state index contributed by atoms with van der Waals surface area (Å²) in [4.78, 5) is 9.86. The van der Waals surface area contributed by atoms with Gasteiger partial charge in [0.2, 0.25) is 0 Å². The van der Waals surface area contributed by atoms with Crippen LogP contribution in [0.2, 0.25) is 0 Å². The van der Waals surface area contributed by atoms with Gasteiger partial charge in [-0.3, -0.25) is 0 Å². The van der Waals surface area contributed by atoms with Gasteiger partial charge in [-0.1, -0.05) is 109 Å². The third-order valence-electron chi connectivity index (χ3n) is 6.16. The highest BCUT2D eigenvalue weighted by Gasteiger charge is 2.16. The molecule has 33 heavy (non-hydrogen) atoms. The number of fused-ring (bicyclic) bond motifs is 3. The van der Waals surface area contributed by atoms with Crippen LogP contribution in [0.15, 0.2) is 115 Å². The van der Waals surface area contributed by atoms with Gasteiger partial charge in [0.1, 0.15) is 5.82 Å². The molecule has 2 heteroatoms. The number of hydrogen-bond acceptors (Lipinski definition) is 2. The Morgan fingerprint density at radius 2 is 1.09 bits per heavy atom. The quantitative estimate of drug-likeness (QED) is 0.269. The summed E-state index contributed by atoms with van der Waals surface area (Å²) in [6.07, 6.45) is 0. The van der Waals surface area contributed by atoms with Gasteiger partial charge >= 0.3 is 0 Å². The van der Waals surface area contributed by atoms with E-state index in [4.69, 9.17) is 9.97 Å². The number of aryl methyl sites for hydroxylation is 1. The Kier molecular flexibility index (Phi) is 4.70. The molecule has 6 aromatic rings. The molecule has 0 N–H and O–H groups in total. The molecular weight excluding hydrogens is 400 g/mol. The highest BCUT2D eigenvalue weighted by Crippen LogP contribution is 2.38. The summed E-state index contributed by atoms with van der Waals surface area (Å²) in [6.45, 7) is 1.98. The van der Waals surface area contributed by atoms with Gasteiger partial charge in [0, 0.05) is 16.5 Å². The summed E-state index contributed by atoms with van der Waals surface area (Å²) < 4.78 is 0. The van der Waals surface area contributed by atoms with Crippen LogP contribution >= 0.6 is 0 Å². The second-order valence-corrected chi connectivity index (χ2v) is 8.30. The largest absolute Gasteiger partial charge is 0.233 e. The highest BCUT2D eigenvalue weighted by atomic mass is 14.9. The molecule has 0 fully saturated rings. The molecule has 0 spiro atoms. The lowest BCUT2D eigenvalue weighted by atomic mass is 9.93. The van der Waals surface area contributed by atoms with Crippen molar-refractivity contribution in [3.05, 3.63) is 121 Å². The van der Waals surface area contributed by atoms with Crippen molar-refractivity contribution in [2.24, 2.45) is 0 Å². The molecule has 0 amide bonds. The monoisotopic (exact) mass is 422 g/mol. The van der Waals surface area contributed by atoms with Crippen LogP contribution in [0.1, 0.15) is 5.82 Å². The average molecular weight is 423 g/mol. The van der Waals surface area contributed by atoms with Crippen LogP contribution in [0.4, 0.5) is 0 Å². The molecule has 0 radical (unpaired) electrons. The zero-order chi connectivity index (χ0) is 22.2. The molecule has 1 aromatic heterocycles. The van der Waals surface area contributed by atoms with E-state index >= 15 is 0 Å². The Hall–Kier alpha value is -4.30. The molecular formula is C31H22N2. The Bertz CT molecular complexity index is 1590. The second-order valence-electron chi connectivity index (χ2n) is 8.30. The van der Waals surface area contributed by atoms with Crippen molar-refractivity contribution in [2.75, 3.05) is 0 Å². The lowest BCUT2D eigenvalue weighted by molar-refractivity contribution is 1.10. The van der Waals surface area contributed by atoms with Gasteiger partial charge < -0.3 is 0 Å². The number of nitrogens with zero attached hydrogens (tertiary/aromatic N) is 2. The lowest BCUT2D eigenvalue weighted by Gasteiger charge is -2.15. The van der Waals surface area contributed by atoms with Crippen molar-refractivity contribution >= 4 is 21.7 Å². The fourth-order valence-electron chi connectivity index (χ4n) is 4.59. The summed E-state index contributed by atoms with van der Waals surface area (Å²) >= 11 is 0. The Labute approximate surface area is 193 Å². The van der Waals surface area contributed by atoms with Crippen molar-refractivity contribution in [1.29, 1.82) is 0 Å². The van der Waals surface area contributed by atoms with E-state index in [9.17, 15) is 0 Å². The van der Waals surface area contributed by atoms with Crippen molar-refractivity contribution in [2.45, 2.75) is 6.92 Å². The minimum absolute atomic E-state index is 0.777. The molecule has 0 atom stereocenters. The summed E-state index contributed by atoms with van der Waals surface area (Å²) in [7, 11) is 0. The minimum Gasteiger partial charge on any atom is -0.233 e. The second kappa shape index (κ2) is 7.99. The van der Waals surface area contributed by atoms with Crippen molar-refractivity contribution in [1.82, 2.24) is 9.97 Å². The Morgan fingerprint density at radius 3 is 1.82 bits per heavy atom. The standard InChI is InChI=1S/C31H22N2/c1-21-32-30(25-12-6-3-7-13-25)29-27-15-9-8-14-26(27)20-28(31(29)33-21)24-18-16-23(17-19-24)22-10-4-2-5-11-22/h2-20H,1H3. The first-order valence-corrected chi connectivity index (χ1v) is 11.2. The number of aromatic nitrogens is 2. The van der Waals surface area contributed by atoms with E-state index in [1.54, 1.807) is 0 Å². The molecule has 5 aromatic carbocycles. The lowest BCUT2D eigenvalue weighted by Crippen LogP contribution is -1.97. The van der Waals surface area contributed by atoms with Gasteiger partial charge in [0.05, 0.1) is 11.2 Å². The van der Waals surface area contributed by atoms with Crippen LogP contribution in [0.25, 0.3) is 55.2 Å². The summed E-state index contributed by atoms with van der Waals surface area (Å²) in [5.74, 6) is 0.777. The third-order valence-corrected chi connectivity index (χ3v) is 6.16. The first-order valence-electron chi connectivity index (χ1n) is 11.2. The van der Waals surface area contributed by atoms with Gasteiger partial charge in [-0.05, 0) is 40.5 Å². The van der Waals surface area contributed by atoms with Gasteiger partial charge in [-0.25, -0.2) is 9.97 Å². The molecule has 1 heterocycles. The smallest absolute Gasteiger partial charge is 0.126 e. The third kappa shape index (κ3) is 3.46. The molecule has 6 rings (SSSR count). The van der Waals surface area contributed by atoms with Gasteiger partial charge in [-0.2, -0.15) is 0 Å². The maximum Gasteiger partial charge on any atom is 0.126 e. The van der Waals surface area contributed by atoms with Crippen LogP contribution in [0, 0.1) is 6.92 Å². The maximum atomic E-state index is 4.96. The van der Waals surface area contributed by atoms with Crippen molar-refractivity contribution < 1.29 is 0 Å². The summed E-state index contributed by atoms with van der Waals surface area (Å²) in [5.41, 5.74) is 7.80. The topological polar surface area (TPSA) is 25.8 Å². The predicted octanol–water partition coefficient (Wildman–Crippen LogP) is 8.09. The molecule has 0 saturated heterocycles. The molecule has 0 aliphatic heterocycles. The van der Waals surface area contributed by atoms with Crippen molar-refractivity contribution in [3.63, 3.8) is 0 Å².